The summed E-state index contributed by atoms with van der Waals surface area (Å²) < 4.78 is 47.7. The highest BCUT2D eigenvalue weighted by molar-refractivity contribution is 5.16. The molecule has 0 N–H and O–H groups in total. The van der Waals surface area contributed by atoms with Crippen LogP contribution in [-0.2, 0) is 0 Å². The number of fused-ring (bicyclic) bond motifs is 2. The van der Waals surface area contributed by atoms with Crippen molar-refractivity contribution in [3.8, 4) is 0 Å². The second-order valence-corrected chi connectivity index (χ2v) is 8.28. The summed E-state index contributed by atoms with van der Waals surface area (Å²) >= 11 is 0. The Labute approximate surface area is 134 Å². The van der Waals surface area contributed by atoms with E-state index in [0.717, 1.165) is 25.7 Å². The molecule has 3 heteroatoms. The van der Waals surface area contributed by atoms with Gasteiger partial charge in [-0.2, -0.15) is 0 Å². The van der Waals surface area contributed by atoms with Crippen LogP contribution in [0, 0.1) is 23.7 Å². The summed E-state index contributed by atoms with van der Waals surface area (Å²) in [5.41, 5.74) is -6.58. The van der Waals surface area contributed by atoms with E-state index < -0.39 is 22.9 Å². The predicted molar refractivity (Wildman–Crippen MR) is 86.2 cm³/mol. The average Bonchev–Trinajstić information content (AvgIpc) is 3.08. The molecule has 0 nitrogen and oxygen atoms in total. The van der Waals surface area contributed by atoms with Crippen molar-refractivity contribution < 1.29 is 13.2 Å². The minimum absolute atomic E-state index is 0.0313. The van der Waals surface area contributed by atoms with Crippen LogP contribution < -0.4 is 0 Å². The fourth-order valence-electron chi connectivity index (χ4n) is 5.30. The van der Waals surface area contributed by atoms with E-state index in [9.17, 15) is 0 Å². The summed E-state index contributed by atoms with van der Waals surface area (Å²) in [7, 11) is 0. The quantitative estimate of drug-likeness (QED) is 0.507. The van der Waals surface area contributed by atoms with E-state index >= 15 is 13.2 Å². The van der Waals surface area contributed by atoms with E-state index in [1.807, 2.05) is 6.92 Å². The zero-order chi connectivity index (χ0) is 16.8. The van der Waals surface area contributed by atoms with Crippen LogP contribution in [0.1, 0.15) is 79.6 Å². The van der Waals surface area contributed by atoms with E-state index in [1.54, 1.807) is 20.8 Å². The van der Waals surface area contributed by atoms with E-state index in [-0.39, 0.29) is 24.7 Å². The summed E-state index contributed by atoms with van der Waals surface area (Å²) in [6.45, 7) is 8.14. The molecule has 130 valence electrons. The Balaban J connectivity index is 2.43. The summed E-state index contributed by atoms with van der Waals surface area (Å²) in [6, 6.07) is 0. The van der Waals surface area contributed by atoms with Gasteiger partial charge in [-0.05, 0) is 62.7 Å². The Bertz CT molecular complexity index is 392. The Morgan fingerprint density at radius 2 is 1.68 bits per heavy atom. The molecule has 0 saturated heterocycles. The maximum absolute atomic E-state index is 16.2. The Kier molecular flexibility index (Phi) is 4.96. The highest BCUT2D eigenvalue weighted by atomic mass is 19.2. The van der Waals surface area contributed by atoms with Gasteiger partial charge < -0.3 is 0 Å². The van der Waals surface area contributed by atoms with Gasteiger partial charge in [0, 0.05) is 0 Å². The Morgan fingerprint density at radius 1 is 1.05 bits per heavy atom. The van der Waals surface area contributed by atoms with Gasteiger partial charge in [0.1, 0.15) is 5.67 Å². The molecule has 2 aliphatic rings. The van der Waals surface area contributed by atoms with Crippen molar-refractivity contribution in [2.45, 2.75) is 96.6 Å². The summed E-state index contributed by atoms with van der Waals surface area (Å²) in [6.07, 6.45) is 4.41. The van der Waals surface area contributed by atoms with Crippen molar-refractivity contribution in [2.75, 3.05) is 0 Å². The highest BCUT2D eigenvalue weighted by Gasteiger charge is 2.68. The summed E-state index contributed by atoms with van der Waals surface area (Å²) in [5, 5.41) is 0. The maximum atomic E-state index is 16.2. The molecule has 0 radical (unpaired) electrons. The molecule has 2 bridgehead atoms. The van der Waals surface area contributed by atoms with Gasteiger partial charge in [0.25, 0.3) is 0 Å². The highest BCUT2D eigenvalue weighted by Crippen LogP contribution is 2.61. The molecule has 0 heterocycles. The van der Waals surface area contributed by atoms with Crippen LogP contribution in [0.2, 0.25) is 0 Å². The Morgan fingerprint density at radius 3 is 2.05 bits per heavy atom. The van der Waals surface area contributed by atoms with E-state index in [1.165, 1.54) is 6.92 Å². The van der Waals surface area contributed by atoms with Crippen LogP contribution in [0.3, 0.4) is 0 Å². The van der Waals surface area contributed by atoms with Crippen molar-refractivity contribution in [2.24, 2.45) is 23.7 Å². The largest absolute Gasteiger partial charge is 0.240 e. The van der Waals surface area contributed by atoms with Crippen LogP contribution >= 0.6 is 0 Å². The van der Waals surface area contributed by atoms with Crippen molar-refractivity contribution >= 4 is 0 Å². The lowest BCUT2D eigenvalue weighted by molar-refractivity contribution is -0.186. The number of alkyl halides is 3. The molecule has 0 aromatic heterocycles. The standard InChI is InChI=1S/C19H33F3/c1-6-10-19(22,17(5,20)13(3)4)18(21,7-2)16-12-14-8-9-15(16)11-14/h13-16H,6-12H2,1-5H3. The minimum atomic E-state index is -2.40. The van der Waals surface area contributed by atoms with Gasteiger partial charge >= 0.3 is 0 Å². The molecule has 2 saturated carbocycles. The first-order valence-corrected chi connectivity index (χ1v) is 9.20. The number of hydrogen-bond acceptors (Lipinski definition) is 0. The van der Waals surface area contributed by atoms with E-state index in [2.05, 4.69) is 0 Å². The van der Waals surface area contributed by atoms with Gasteiger partial charge in [0.15, 0.2) is 11.3 Å². The second kappa shape index (κ2) is 6.02. The van der Waals surface area contributed by atoms with Crippen molar-refractivity contribution in [1.82, 2.24) is 0 Å². The first kappa shape index (κ1) is 18.1. The van der Waals surface area contributed by atoms with Crippen LogP contribution in [0.25, 0.3) is 0 Å². The average molecular weight is 318 g/mol. The third kappa shape index (κ3) is 2.41. The van der Waals surface area contributed by atoms with E-state index in [4.69, 9.17) is 0 Å². The van der Waals surface area contributed by atoms with Gasteiger partial charge in [-0.1, -0.05) is 40.5 Å². The molecule has 0 amide bonds. The normalized spacial score (nSPS) is 36.1. The molecule has 0 spiro atoms. The molecule has 2 rings (SSSR count). The van der Waals surface area contributed by atoms with Crippen molar-refractivity contribution in [3.05, 3.63) is 0 Å². The monoisotopic (exact) mass is 318 g/mol. The molecule has 0 aromatic carbocycles. The van der Waals surface area contributed by atoms with Crippen LogP contribution in [-0.4, -0.2) is 17.0 Å². The lowest BCUT2D eigenvalue weighted by Gasteiger charge is -2.52. The molecule has 2 aliphatic carbocycles. The number of halogens is 3. The third-order valence-electron chi connectivity index (χ3n) is 6.95. The molecule has 6 atom stereocenters. The topological polar surface area (TPSA) is 0 Å². The predicted octanol–water partition coefficient (Wildman–Crippen LogP) is 6.43. The van der Waals surface area contributed by atoms with Crippen LogP contribution in [0.15, 0.2) is 0 Å². The SMILES string of the molecule is CCCC(F)(C(C)(F)C(C)C)C(F)(CC)C1CC2CCC1C2. The molecule has 0 aromatic rings. The van der Waals surface area contributed by atoms with Crippen molar-refractivity contribution in [1.29, 1.82) is 0 Å². The van der Waals surface area contributed by atoms with Crippen LogP contribution in [0.4, 0.5) is 13.2 Å². The van der Waals surface area contributed by atoms with Crippen molar-refractivity contribution in [3.63, 3.8) is 0 Å². The molecule has 0 aliphatic heterocycles. The molecular weight excluding hydrogens is 285 g/mol. The van der Waals surface area contributed by atoms with Gasteiger partial charge in [0.05, 0.1) is 0 Å². The first-order valence-electron chi connectivity index (χ1n) is 9.20. The summed E-state index contributed by atoms with van der Waals surface area (Å²) in [5.74, 6) is -0.0525. The fourth-order valence-corrected chi connectivity index (χ4v) is 5.30. The Hall–Kier alpha value is -0.210. The van der Waals surface area contributed by atoms with Crippen LogP contribution in [0.5, 0.6) is 0 Å². The summed E-state index contributed by atoms with van der Waals surface area (Å²) in [4.78, 5) is 0. The maximum Gasteiger partial charge on any atom is 0.178 e. The minimum Gasteiger partial charge on any atom is -0.240 e. The molecular formula is C19H33F3. The molecule has 22 heavy (non-hydrogen) atoms. The lowest BCUT2D eigenvalue weighted by Crippen LogP contribution is -2.65. The first-order chi connectivity index (χ1) is 10.1. The van der Waals surface area contributed by atoms with E-state index in [0.29, 0.717) is 12.3 Å². The molecule has 2 fully saturated rings. The number of hydrogen-bond donors (Lipinski definition) is 0. The van der Waals surface area contributed by atoms with Gasteiger partial charge in [0.2, 0.25) is 0 Å². The third-order valence-corrected chi connectivity index (χ3v) is 6.95. The zero-order valence-electron chi connectivity index (χ0n) is 14.9. The van der Waals surface area contributed by atoms with Gasteiger partial charge in [-0.25, -0.2) is 13.2 Å². The number of rotatable bonds is 7. The molecule has 6 unspecified atom stereocenters. The lowest BCUT2D eigenvalue weighted by atomic mass is 9.60. The van der Waals surface area contributed by atoms with Gasteiger partial charge in [-0.15, -0.1) is 0 Å². The zero-order valence-corrected chi connectivity index (χ0v) is 14.9. The smallest absolute Gasteiger partial charge is 0.178 e. The van der Waals surface area contributed by atoms with Gasteiger partial charge in [-0.3, -0.25) is 0 Å². The fraction of sp³-hybridized carbons (Fsp3) is 1.00. The second-order valence-electron chi connectivity index (χ2n) is 8.28.